The third-order valence-electron chi connectivity index (χ3n) is 7.96. The number of β-lactam (4-membered cyclic amide) rings is 1. The number of phenolic OH excluding ortho intramolecular Hbond substituents is 1. The molecule has 1 aliphatic carbocycles. The van der Waals surface area contributed by atoms with Crippen LogP contribution in [0.5, 0.6) is 5.75 Å². The molecule has 1 aromatic carbocycles. The van der Waals surface area contributed by atoms with Crippen molar-refractivity contribution in [2.45, 2.75) is 55.3 Å². The Kier molecular flexibility index (Phi) is 11.6. The maximum absolute atomic E-state index is 13.9. The van der Waals surface area contributed by atoms with E-state index < -0.39 is 77.0 Å². The zero-order valence-electron chi connectivity index (χ0n) is 25.6. The molecule has 3 heterocycles. The van der Waals surface area contributed by atoms with Crippen LogP contribution in [-0.2, 0) is 19.1 Å². The van der Waals surface area contributed by atoms with Gasteiger partial charge in [0.05, 0.1) is 24.0 Å². The van der Waals surface area contributed by atoms with Crippen LogP contribution in [0, 0.1) is 0 Å². The van der Waals surface area contributed by atoms with E-state index >= 15 is 0 Å². The smallest absolute Gasteiger partial charge is 0.543 e. The number of carboxylic acids is 1. The Bertz CT molecular complexity index is 1680. The first kappa shape index (κ1) is 36.5. The zero-order valence-corrected chi connectivity index (χ0v) is 28.4. The summed E-state index contributed by atoms with van der Waals surface area (Å²) in [4.78, 5) is 84.6. The number of hydrogen-bond acceptors (Lipinski definition) is 13. The predicted molar refractivity (Wildman–Crippen MR) is 162 cm³/mol. The fraction of sp³-hybridized carbons (Fsp3) is 0.393. The van der Waals surface area contributed by atoms with Gasteiger partial charge in [0.15, 0.2) is 0 Å². The second-order valence-electron chi connectivity index (χ2n) is 11.0. The molecule has 2 aromatic rings. The Morgan fingerprint density at radius 1 is 1.15 bits per heavy atom. The number of aliphatic carboxylic acids is 1. The fourth-order valence-corrected chi connectivity index (χ4v) is 7.01. The van der Waals surface area contributed by atoms with E-state index in [9.17, 15) is 44.1 Å². The van der Waals surface area contributed by atoms with Crippen molar-refractivity contribution in [3.05, 3.63) is 57.6 Å². The quantitative estimate of drug-likeness (QED) is 0.0911. The van der Waals surface area contributed by atoms with Crippen LogP contribution in [0.1, 0.15) is 37.3 Å². The maximum Gasteiger partial charge on any atom is 1.00 e. The third kappa shape index (κ3) is 7.70. The summed E-state index contributed by atoms with van der Waals surface area (Å²) in [5.74, 6) is -3.56. The first-order chi connectivity index (χ1) is 22.3. The molecule has 1 aromatic heterocycles. The van der Waals surface area contributed by atoms with E-state index in [4.69, 9.17) is 11.5 Å². The van der Waals surface area contributed by atoms with Crippen LogP contribution in [0.25, 0.3) is 0 Å². The molecule has 0 radical (unpaired) electrons. The number of H-pyrrole nitrogens is 1. The summed E-state index contributed by atoms with van der Waals surface area (Å²) in [6.07, 6.45) is 1.96. The van der Waals surface area contributed by atoms with Gasteiger partial charge in [-0.2, -0.15) is 0 Å². The van der Waals surface area contributed by atoms with Gasteiger partial charge >= 0.3 is 41.7 Å². The van der Waals surface area contributed by atoms with Crippen molar-refractivity contribution in [2.24, 2.45) is 11.5 Å². The molecule has 9 N–H and O–H groups in total. The molecule has 0 spiro atoms. The SMILES string of the molecule is NC(=O)OCC1=C(C(=O)[O-])N2C(=O)C(NC(=O)C(c3ccc(O)cc3)N(C(N)=O)c3cnc(NC4CCC(O)CC4)[nH]c3=O)[C@@H]2SC1.[Na+]. The molecule has 20 heteroatoms. The number of thioether (sulfide) groups is 1. The summed E-state index contributed by atoms with van der Waals surface area (Å²) in [7, 11) is 0. The number of aromatic hydroxyl groups is 1. The standard InChI is InChI=1S/C28H32N8O10S.Na/c29-26(44)35(17-9-31-28(34-21(17)39)32-14-3-7-16(38)8-4-14)19(12-1-5-15(37)6-2-12)22(40)33-18-23(41)36-20(25(42)43)13(10-46-27(30)45)11-47-24(18)36;/h1-2,5-6,9,14,16,18-19,24,37-38H,3-4,7-8,10-11H2,(H2,29,44)(H2,30,45)(H,33,40)(H,42,43)(H2,31,32,34,39);/q;+1/p-1/t14?,16?,18?,19?,24-;/m0./s1. The van der Waals surface area contributed by atoms with E-state index in [1.54, 1.807) is 0 Å². The van der Waals surface area contributed by atoms with Gasteiger partial charge in [-0.05, 0) is 43.4 Å². The van der Waals surface area contributed by atoms with Gasteiger partial charge in [0.25, 0.3) is 11.5 Å². The molecule has 2 unspecified atom stereocenters. The molecule has 5 amide bonds. The minimum atomic E-state index is -1.70. The Balaban J connectivity index is 0.00000520. The van der Waals surface area contributed by atoms with Gasteiger partial charge in [-0.25, -0.2) is 14.6 Å². The van der Waals surface area contributed by atoms with Crippen LogP contribution in [0.15, 0.2) is 46.5 Å². The van der Waals surface area contributed by atoms with Crippen molar-refractivity contribution in [1.29, 1.82) is 0 Å². The number of nitrogens with two attached hydrogens (primary N) is 2. The van der Waals surface area contributed by atoms with Crippen molar-refractivity contribution in [3.8, 4) is 5.75 Å². The van der Waals surface area contributed by atoms with Crippen LogP contribution >= 0.6 is 11.8 Å². The topological polar surface area (TPSA) is 286 Å². The Labute approximate surface area is 298 Å². The number of hydrogen-bond donors (Lipinski definition) is 7. The van der Waals surface area contributed by atoms with Gasteiger partial charge in [-0.15, -0.1) is 11.8 Å². The average Bonchev–Trinajstić information content (AvgIpc) is 3.02. The van der Waals surface area contributed by atoms with E-state index in [0.29, 0.717) is 30.6 Å². The number of carbonyl (C=O) groups is 5. The summed E-state index contributed by atoms with van der Waals surface area (Å²) in [5, 5.41) is 36.2. The molecule has 3 aliphatic rings. The number of carboxylic acid groups (broad SMARTS) is 1. The minimum absolute atomic E-state index is 0. The van der Waals surface area contributed by atoms with Crippen molar-refractivity contribution < 1.29 is 73.6 Å². The number of aliphatic hydroxyl groups excluding tert-OH is 1. The molecule has 2 aliphatic heterocycles. The number of aromatic nitrogens is 2. The van der Waals surface area contributed by atoms with Crippen molar-refractivity contribution in [2.75, 3.05) is 22.6 Å². The molecule has 3 atom stereocenters. The number of ether oxygens (including phenoxy) is 1. The van der Waals surface area contributed by atoms with Crippen LogP contribution < -0.4 is 67.2 Å². The average molecular weight is 695 g/mol. The molecule has 0 bridgehead atoms. The van der Waals surface area contributed by atoms with E-state index in [-0.39, 0.29) is 64.2 Å². The second-order valence-corrected chi connectivity index (χ2v) is 12.1. The number of phenols is 1. The maximum atomic E-state index is 13.9. The number of rotatable bonds is 10. The van der Waals surface area contributed by atoms with Crippen LogP contribution in [0.2, 0.25) is 0 Å². The third-order valence-corrected chi connectivity index (χ3v) is 9.30. The number of fused-ring (bicyclic) bond motifs is 1. The number of nitrogens with zero attached hydrogens (tertiary/aromatic N) is 3. The minimum Gasteiger partial charge on any atom is -0.543 e. The summed E-state index contributed by atoms with van der Waals surface area (Å²) in [6, 6.07) is 0.908. The van der Waals surface area contributed by atoms with E-state index in [0.717, 1.165) is 22.9 Å². The Hall–Kier alpha value is -4.30. The zero-order chi connectivity index (χ0) is 34.0. The number of aromatic amines is 1. The largest absolute Gasteiger partial charge is 1.00 e. The molecule has 5 rings (SSSR count). The predicted octanol–water partition coefficient (Wildman–Crippen LogP) is -4.68. The number of benzene rings is 1. The molecule has 1 saturated heterocycles. The first-order valence-corrected chi connectivity index (χ1v) is 15.4. The van der Waals surface area contributed by atoms with E-state index in [2.05, 4.69) is 25.3 Å². The summed E-state index contributed by atoms with van der Waals surface area (Å²) in [5.41, 5.74) is 9.11. The van der Waals surface area contributed by atoms with Gasteiger partial charge in [0, 0.05) is 17.4 Å². The summed E-state index contributed by atoms with van der Waals surface area (Å²) in [6.45, 7) is -0.490. The van der Waals surface area contributed by atoms with Gasteiger partial charge in [-0.1, -0.05) is 12.1 Å². The van der Waals surface area contributed by atoms with Crippen LogP contribution in [0.4, 0.5) is 21.2 Å². The monoisotopic (exact) mass is 694 g/mol. The summed E-state index contributed by atoms with van der Waals surface area (Å²) < 4.78 is 4.69. The first-order valence-electron chi connectivity index (χ1n) is 14.4. The van der Waals surface area contributed by atoms with Crippen LogP contribution in [0.3, 0.4) is 0 Å². The van der Waals surface area contributed by atoms with Crippen molar-refractivity contribution >= 4 is 53.3 Å². The second kappa shape index (κ2) is 15.3. The van der Waals surface area contributed by atoms with Gasteiger partial charge in [0.1, 0.15) is 35.5 Å². The van der Waals surface area contributed by atoms with Gasteiger partial charge < -0.3 is 47.0 Å². The molecule has 18 nitrogen and oxygen atoms in total. The number of carbonyl (C=O) groups excluding carboxylic acids is 5. The van der Waals surface area contributed by atoms with Crippen LogP contribution in [-0.4, -0.2) is 90.9 Å². The number of nitrogens with one attached hydrogen (secondary N) is 3. The van der Waals surface area contributed by atoms with E-state index in [1.165, 1.54) is 24.3 Å². The Morgan fingerprint density at radius 2 is 1.81 bits per heavy atom. The number of primary amides is 2. The normalized spacial score (nSPS) is 22.3. The molecule has 48 heavy (non-hydrogen) atoms. The Morgan fingerprint density at radius 3 is 2.40 bits per heavy atom. The van der Waals surface area contributed by atoms with Crippen molar-refractivity contribution in [1.82, 2.24) is 20.2 Å². The van der Waals surface area contributed by atoms with Gasteiger partial charge in [0.2, 0.25) is 11.9 Å². The molecular weight excluding hydrogens is 663 g/mol. The number of urea groups is 1. The van der Waals surface area contributed by atoms with Crippen molar-refractivity contribution in [3.63, 3.8) is 0 Å². The number of amides is 5. The van der Waals surface area contributed by atoms with Gasteiger partial charge in [-0.3, -0.25) is 29.2 Å². The molecule has 1 saturated carbocycles. The number of anilines is 2. The fourth-order valence-electron chi connectivity index (χ4n) is 5.68. The molecule has 250 valence electrons. The van der Waals surface area contributed by atoms with E-state index in [1.807, 2.05) is 0 Å². The molecule has 2 fully saturated rings. The number of aliphatic hydroxyl groups is 1. The molecular formula is C28H31N8NaO10S. The summed E-state index contributed by atoms with van der Waals surface area (Å²) >= 11 is 1.07.